The molecule has 0 aliphatic heterocycles. The van der Waals surface area contributed by atoms with Crippen molar-refractivity contribution in [3.8, 4) is 0 Å². The molecule has 1 nitrogen and oxygen atoms in total. The number of nitrogens with one attached hydrogen (secondary N) is 1. The van der Waals surface area contributed by atoms with Crippen molar-refractivity contribution in [3.63, 3.8) is 0 Å². The molecule has 0 aromatic heterocycles. The van der Waals surface area contributed by atoms with Gasteiger partial charge in [-0.25, -0.2) is 0 Å². The van der Waals surface area contributed by atoms with Gasteiger partial charge in [-0.05, 0) is 37.8 Å². The Labute approximate surface area is 112 Å². The van der Waals surface area contributed by atoms with Crippen LogP contribution in [0.1, 0.15) is 50.7 Å². The second-order valence-corrected chi connectivity index (χ2v) is 5.99. The lowest BCUT2D eigenvalue weighted by Crippen LogP contribution is -2.48. The van der Waals surface area contributed by atoms with Crippen molar-refractivity contribution in [2.45, 2.75) is 51.9 Å². The molecule has 1 aliphatic rings. The van der Waals surface area contributed by atoms with E-state index < -0.39 is 0 Å². The number of likely N-dealkylation sites (N-methyl/N-ethyl adjacent to an activating group) is 1. The topological polar surface area (TPSA) is 12.0 Å². The molecule has 0 atom stereocenters. The third-order valence-electron chi connectivity index (χ3n) is 4.40. The van der Waals surface area contributed by atoms with Gasteiger partial charge < -0.3 is 5.32 Å². The van der Waals surface area contributed by atoms with Crippen molar-refractivity contribution in [2.24, 2.45) is 5.92 Å². The van der Waals surface area contributed by atoms with Gasteiger partial charge in [0.2, 0.25) is 0 Å². The van der Waals surface area contributed by atoms with E-state index in [9.17, 15) is 0 Å². The average molecular weight is 245 g/mol. The fourth-order valence-electron chi connectivity index (χ4n) is 3.48. The van der Waals surface area contributed by atoms with Crippen molar-refractivity contribution in [2.75, 3.05) is 13.1 Å². The Hall–Kier alpha value is -0.820. The SMILES string of the molecule is CCCC1CC(CNCC)(c2cccc(C)c2)C1. The van der Waals surface area contributed by atoms with E-state index in [0.29, 0.717) is 5.41 Å². The highest BCUT2D eigenvalue weighted by molar-refractivity contribution is 5.33. The third-order valence-corrected chi connectivity index (χ3v) is 4.40. The van der Waals surface area contributed by atoms with Gasteiger partial charge in [0.05, 0.1) is 0 Å². The van der Waals surface area contributed by atoms with Gasteiger partial charge in [-0.3, -0.25) is 0 Å². The number of rotatable bonds is 6. The summed E-state index contributed by atoms with van der Waals surface area (Å²) in [6.45, 7) is 8.93. The number of hydrogen-bond acceptors (Lipinski definition) is 1. The van der Waals surface area contributed by atoms with Crippen LogP contribution in [-0.4, -0.2) is 13.1 Å². The standard InChI is InChI=1S/C17H27N/c1-4-7-15-11-17(12-15,13-18-5-2)16-9-6-8-14(3)10-16/h6,8-10,15,18H,4-5,7,11-13H2,1-3H3. The van der Waals surface area contributed by atoms with Crippen molar-refractivity contribution in [3.05, 3.63) is 35.4 Å². The third kappa shape index (κ3) is 2.77. The molecule has 1 aromatic rings. The van der Waals surface area contributed by atoms with Crippen molar-refractivity contribution < 1.29 is 0 Å². The summed E-state index contributed by atoms with van der Waals surface area (Å²) in [7, 11) is 0. The Kier molecular flexibility index (Phi) is 4.45. The molecule has 1 heteroatoms. The van der Waals surface area contributed by atoms with E-state index in [-0.39, 0.29) is 0 Å². The number of hydrogen-bond donors (Lipinski definition) is 1. The molecule has 100 valence electrons. The van der Waals surface area contributed by atoms with Crippen LogP contribution in [0.25, 0.3) is 0 Å². The van der Waals surface area contributed by atoms with E-state index in [1.54, 1.807) is 5.56 Å². The van der Waals surface area contributed by atoms with Gasteiger partial charge in [0.15, 0.2) is 0 Å². The van der Waals surface area contributed by atoms with E-state index >= 15 is 0 Å². The van der Waals surface area contributed by atoms with Crippen LogP contribution in [0.4, 0.5) is 0 Å². The van der Waals surface area contributed by atoms with E-state index in [1.807, 2.05) is 0 Å². The molecule has 2 rings (SSSR count). The summed E-state index contributed by atoms with van der Waals surface area (Å²) in [5.41, 5.74) is 3.36. The van der Waals surface area contributed by atoms with Crippen LogP contribution < -0.4 is 5.32 Å². The summed E-state index contributed by atoms with van der Waals surface area (Å²) < 4.78 is 0. The molecule has 0 bridgehead atoms. The molecule has 0 unspecified atom stereocenters. The summed E-state index contributed by atoms with van der Waals surface area (Å²) in [6.07, 6.45) is 5.48. The molecule has 1 aromatic carbocycles. The van der Waals surface area contributed by atoms with Gasteiger partial charge in [0, 0.05) is 12.0 Å². The minimum Gasteiger partial charge on any atom is -0.316 e. The van der Waals surface area contributed by atoms with Crippen LogP contribution in [0.15, 0.2) is 24.3 Å². The first-order chi connectivity index (χ1) is 8.70. The van der Waals surface area contributed by atoms with Crippen molar-refractivity contribution in [1.82, 2.24) is 5.32 Å². The highest BCUT2D eigenvalue weighted by Gasteiger charge is 2.44. The van der Waals surface area contributed by atoms with Gasteiger partial charge in [-0.1, -0.05) is 56.5 Å². The van der Waals surface area contributed by atoms with Crippen LogP contribution in [0.5, 0.6) is 0 Å². The molecule has 0 saturated heterocycles. The summed E-state index contributed by atoms with van der Waals surface area (Å²) in [6, 6.07) is 9.13. The van der Waals surface area contributed by atoms with Gasteiger partial charge in [0.25, 0.3) is 0 Å². The first kappa shape index (κ1) is 13.6. The van der Waals surface area contributed by atoms with Crippen LogP contribution in [0.3, 0.4) is 0 Å². The summed E-state index contributed by atoms with van der Waals surface area (Å²) in [5.74, 6) is 0.953. The normalized spacial score (nSPS) is 26.9. The summed E-state index contributed by atoms with van der Waals surface area (Å²) in [5, 5.41) is 3.57. The van der Waals surface area contributed by atoms with E-state index in [2.05, 4.69) is 50.4 Å². The molecule has 0 radical (unpaired) electrons. The monoisotopic (exact) mass is 245 g/mol. The average Bonchev–Trinajstić information content (AvgIpc) is 2.32. The first-order valence-electron chi connectivity index (χ1n) is 7.48. The lowest BCUT2D eigenvalue weighted by molar-refractivity contribution is 0.129. The smallest absolute Gasteiger partial charge is 0.00831 e. The maximum Gasteiger partial charge on any atom is 0.00831 e. The quantitative estimate of drug-likeness (QED) is 0.797. The second-order valence-electron chi connectivity index (χ2n) is 5.99. The molecule has 1 aliphatic carbocycles. The fraction of sp³-hybridized carbons (Fsp3) is 0.647. The Morgan fingerprint density at radius 1 is 1.28 bits per heavy atom. The molecule has 0 amide bonds. The van der Waals surface area contributed by atoms with Crippen molar-refractivity contribution >= 4 is 0 Å². The molecule has 0 spiro atoms. The van der Waals surface area contributed by atoms with Crippen molar-refractivity contribution in [1.29, 1.82) is 0 Å². The molecule has 1 fully saturated rings. The van der Waals surface area contributed by atoms with Crippen LogP contribution in [0, 0.1) is 12.8 Å². The zero-order valence-corrected chi connectivity index (χ0v) is 12.1. The van der Waals surface area contributed by atoms with Crippen LogP contribution in [-0.2, 0) is 5.41 Å². The largest absolute Gasteiger partial charge is 0.316 e. The van der Waals surface area contributed by atoms with Gasteiger partial charge >= 0.3 is 0 Å². The zero-order valence-electron chi connectivity index (χ0n) is 12.1. The Morgan fingerprint density at radius 3 is 2.67 bits per heavy atom. The lowest BCUT2D eigenvalue weighted by atomic mass is 9.57. The summed E-state index contributed by atoms with van der Waals surface area (Å²) >= 11 is 0. The van der Waals surface area contributed by atoms with Gasteiger partial charge in [-0.15, -0.1) is 0 Å². The maximum atomic E-state index is 3.57. The van der Waals surface area contributed by atoms with Gasteiger partial charge in [-0.2, -0.15) is 0 Å². The minimum absolute atomic E-state index is 0.419. The predicted octanol–water partition coefficient (Wildman–Crippen LogP) is 4.05. The second kappa shape index (κ2) is 5.88. The predicted molar refractivity (Wildman–Crippen MR) is 79.0 cm³/mol. The highest BCUT2D eigenvalue weighted by Crippen LogP contribution is 2.49. The maximum absolute atomic E-state index is 3.57. The van der Waals surface area contributed by atoms with Crippen LogP contribution >= 0.6 is 0 Å². The minimum atomic E-state index is 0.419. The number of benzene rings is 1. The highest BCUT2D eigenvalue weighted by atomic mass is 14.9. The number of aryl methyl sites for hydroxylation is 1. The van der Waals surface area contributed by atoms with Gasteiger partial charge in [0.1, 0.15) is 0 Å². The van der Waals surface area contributed by atoms with E-state index in [1.165, 1.54) is 31.2 Å². The van der Waals surface area contributed by atoms with E-state index in [4.69, 9.17) is 0 Å². The molecule has 0 heterocycles. The van der Waals surface area contributed by atoms with Crippen LogP contribution in [0.2, 0.25) is 0 Å². The summed E-state index contributed by atoms with van der Waals surface area (Å²) in [4.78, 5) is 0. The fourth-order valence-corrected chi connectivity index (χ4v) is 3.48. The van der Waals surface area contributed by atoms with E-state index in [0.717, 1.165) is 19.0 Å². The zero-order chi connectivity index (χ0) is 13.0. The Balaban J connectivity index is 2.11. The molecular weight excluding hydrogens is 218 g/mol. The lowest BCUT2D eigenvalue weighted by Gasteiger charge is -2.49. The molecule has 1 N–H and O–H groups in total. The molecular formula is C17H27N. The molecule has 18 heavy (non-hydrogen) atoms. The Morgan fingerprint density at radius 2 is 2.06 bits per heavy atom. The Bertz CT molecular complexity index is 377. The molecule has 1 saturated carbocycles. The first-order valence-corrected chi connectivity index (χ1v) is 7.48.